The minimum absolute atomic E-state index is 0.0486. The summed E-state index contributed by atoms with van der Waals surface area (Å²) in [5.74, 6) is -2.63. The summed E-state index contributed by atoms with van der Waals surface area (Å²) in [6, 6.07) is -4.36. The SMILES string of the molecule is CSCCC(NC(=O)C(CS)NC(=O)C(N)C(C)O)C(=O)NC(CC(C)C)C(=O)O. The lowest BCUT2D eigenvalue weighted by atomic mass is 10.0. The molecule has 0 aromatic heterocycles. The summed E-state index contributed by atoms with van der Waals surface area (Å²) >= 11 is 5.52. The van der Waals surface area contributed by atoms with Gasteiger partial charge in [-0.3, -0.25) is 14.4 Å². The molecular weight excluding hydrogens is 432 g/mol. The van der Waals surface area contributed by atoms with E-state index in [0.717, 1.165) is 0 Å². The van der Waals surface area contributed by atoms with Gasteiger partial charge >= 0.3 is 5.97 Å². The highest BCUT2D eigenvalue weighted by atomic mass is 32.2. The van der Waals surface area contributed by atoms with Crippen LogP contribution in [0.15, 0.2) is 0 Å². The third kappa shape index (κ3) is 10.5. The summed E-state index contributed by atoms with van der Waals surface area (Å²) in [6.07, 6.45) is 1.25. The Morgan fingerprint density at radius 3 is 1.90 bits per heavy atom. The van der Waals surface area contributed by atoms with Gasteiger partial charge in [-0.25, -0.2) is 4.79 Å². The molecule has 0 radical (unpaired) electrons. The number of aliphatic hydroxyl groups is 1. The number of aliphatic hydroxyl groups excluding tert-OH is 1. The summed E-state index contributed by atoms with van der Waals surface area (Å²) in [5.41, 5.74) is 5.56. The Kier molecular flexibility index (Phi) is 13.8. The van der Waals surface area contributed by atoms with Gasteiger partial charge in [-0.15, -0.1) is 0 Å². The molecule has 0 aliphatic heterocycles. The third-order valence-corrected chi connectivity index (χ3v) is 5.21. The fourth-order valence-corrected chi connectivity index (χ4v) is 3.15. The molecule has 0 fully saturated rings. The second-order valence-corrected chi connectivity index (χ2v) is 8.73. The number of hydrogen-bond donors (Lipinski definition) is 7. The van der Waals surface area contributed by atoms with Crippen LogP contribution in [0.3, 0.4) is 0 Å². The van der Waals surface area contributed by atoms with E-state index in [-0.39, 0.29) is 24.5 Å². The van der Waals surface area contributed by atoms with E-state index in [1.807, 2.05) is 20.1 Å². The molecule has 0 heterocycles. The van der Waals surface area contributed by atoms with Gasteiger partial charge in [0.2, 0.25) is 17.7 Å². The van der Waals surface area contributed by atoms with Gasteiger partial charge in [0.25, 0.3) is 0 Å². The van der Waals surface area contributed by atoms with E-state index >= 15 is 0 Å². The number of nitrogens with one attached hydrogen (secondary N) is 3. The zero-order chi connectivity index (χ0) is 23.4. The van der Waals surface area contributed by atoms with Crippen LogP contribution in [0, 0.1) is 5.92 Å². The van der Waals surface area contributed by atoms with E-state index in [9.17, 15) is 29.4 Å². The lowest BCUT2D eigenvalue weighted by Crippen LogP contribution is -2.58. The van der Waals surface area contributed by atoms with Crippen LogP contribution >= 0.6 is 24.4 Å². The van der Waals surface area contributed by atoms with E-state index in [2.05, 4.69) is 28.6 Å². The van der Waals surface area contributed by atoms with Crippen LogP contribution < -0.4 is 21.7 Å². The molecule has 0 aliphatic rings. The smallest absolute Gasteiger partial charge is 0.326 e. The molecule has 5 atom stereocenters. The highest BCUT2D eigenvalue weighted by molar-refractivity contribution is 7.98. The molecule has 7 N–H and O–H groups in total. The summed E-state index contributed by atoms with van der Waals surface area (Å²) < 4.78 is 0. The Hall–Kier alpha value is -1.50. The van der Waals surface area contributed by atoms with Crippen molar-refractivity contribution in [2.75, 3.05) is 17.8 Å². The van der Waals surface area contributed by atoms with Gasteiger partial charge in [0, 0.05) is 5.75 Å². The van der Waals surface area contributed by atoms with Gasteiger partial charge in [-0.1, -0.05) is 13.8 Å². The molecule has 174 valence electrons. The molecule has 5 unspecified atom stereocenters. The van der Waals surface area contributed by atoms with E-state index in [1.165, 1.54) is 18.7 Å². The number of amides is 3. The molecule has 0 rings (SSSR count). The van der Waals surface area contributed by atoms with Gasteiger partial charge in [0.15, 0.2) is 0 Å². The number of carboxylic acid groups (broad SMARTS) is 1. The zero-order valence-corrected chi connectivity index (χ0v) is 19.5. The Morgan fingerprint density at radius 2 is 1.47 bits per heavy atom. The quantitative estimate of drug-likeness (QED) is 0.159. The number of carboxylic acids is 1. The highest BCUT2D eigenvalue weighted by Gasteiger charge is 2.30. The van der Waals surface area contributed by atoms with Gasteiger partial charge < -0.3 is 31.9 Å². The van der Waals surface area contributed by atoms with E-state index in [0.29, 0.717) is 5.75 Å². The summed E-state index contributed by atoms with van der Waals surface area (Å²) in [4.78, 5) is 48.7. The molecule has 10 nitrogen and oxygen atoms in total. The van der Waals surface area contributed by atoms with Crippen molar-refractivity contribution in [3.63, 3.8) is 0 Å². The monoisotopic (exact) mass is 466 g/mol. The van der Waals surface area contributed by atoms with Crippen molar-refractivity contribution in [1.29, 1.82) is 0 Å². The number of thioether (sulfide) groups is 1. The molecule has 0 aromatic rings. The lowest BCUT2D eigenvalue weighted by Gasteiger charge is -2.25. The van der Waals surface area contributed by atoms with Crippen molar-refractivity contribution in [3.05, 3.63) is 0 Å². The average Bonchev–Trinajstić information content (AvgIpc) is 2.66. The van der Waals surface area contributed by atoms with Crippen LogP contribution in [0.4, 0.5) is 0 Å². The van der Waals surface area contributed by atoms with Crippen LogP contribution in [0.25, 0.3) is 0 Å². The number of thiol groups is 1. The summed E-state index contributed by atoms with van der Waals surface area (Å²) in [7, 11) is 0. The highest BCUT2D eigenvalue weighted by Crippen LogP contribution is 2.07. The van der Waals surface area contributed by atoms with Gasteiger partial charge in [-0.2, -0.15) is 24.4 Å². The van der Waals surface area contributed by atoms with Gasteiger partial charge in [0.05, 0.1) is 6.10 Å². The second kappa shape index (κ2) is 14.5. The number of carbonyl (C=O) groups is 4. The maximum atomic E-state index is 12.7. The number of rotatable bonds is 14. The molecule has 0 spiro atoms. The fourth-order valence-electron chi connectivity index (χ4n) is 2.42. The second-order valence-electron chi connectivity index (χ2n) is 7.38. The predicted molar refractivity (Wildman–Crippen MR) is 119 cm³/mol. The third-order valence-electron chi connectivity index (χ3n) is 4.20. The molecule has 12 heteroatoms. The van der Waals surface area contributed by atoms with Crippen LogP contribution in [0.5, 0.6) is 0 Å². The topological polar surface area (TPSA) is 171 Å². The van der Waals surface area contributed by atoms with Crippen LogP contribution in [-0.4, -0.2) is 81.9 Å². The Labute approximate surface area is 186 Å². The van der Waals surface area contributed by atoms with Crippen molar-refractivity contribution in [1.82, 2.24) is 16.0 Å². The van der Waals surface area contributed by atoms with Crippen molar-refractivity contribution < 1.29 is 29.4 Å². The first-order valence-corrected chi connectivity index (χ1v) is 11.6. The van der Waals surface area contributed by atoms with E-state index in [4.69, 9.17) is 5.73 Å². The summed E-state index contributed by atoms with van der Waals surface area (Å²) in [5, 5.41) is 26.2. The van der Waals surface area contributed by atoms with Crippen LogP contribution in [-0.2, 0) is 19.2 Å². The molecule has 0 aromatic carbocycles. The van der Waals surface area contributed by atoms with E-state index in [1.54, 1.807) is 0 Å². The molecule has 3 amide bonds. The number of nitrogens with two attached hydrogens (primary N) is 1. The number of carbonyl (C=O) groups excluding carboxylic acids is 3. The first kappa shape index (κ1) is 28.5. The Bertz CT molecular complexity index is 591. The maximum Gasteiger partial charge on any atom is 0.326 e. The molecule has 0 aliphatic carbocycles. The minimum atomic E-state index is -1.22. The molecule has 0 saturated heterocycles. The zero-order valence-electron chi connectivity index (χ0n) is 17.8. The Balaban J connectivity index is 5.23. The Morgan fingerprint density at radius 1 is 0.967 bits per heavy atom. The molecule has 30 heavy (non-hydrogen) atoms. The minimum Gasteiger partial charge on any atom is -0.480 e. The number of hydrogen-bond acceptors (Lipinski definition) is 8. The van der Waals surface area contributed by atoms with Crippen molar-refractivity contribution in [2.45, 2.75) is 63.9 Å². The summed E-state index contributed by atoms with van der Waals surface area (Å²) in [6.45, 7) is 5.03. The standard InChI is InChI=1S/C18H34N4O6S2/c1-9(2)7-12(18(27)28)21-15(24)11(5-6-30-4)20-16(25)13(8-29)22-17(26)14(19)10(3)23/h9-14,23,29H,5-8,19H2,1-4H3,(H,20,25)(H,21,24)(H,22,26)(H,27,28). The molecular formula is C18H34N4O6S2. The first-order chi connectivity index (χ1) is 13.9. The molecule has 0 saturated carbocycles. The average molecular weight is 467 g/mol. The number of aliphatic carboxylic acids is 1. The van der Waals surface area contributed by atoms with Crippen molar-refractivity contribution in [2.24, 2.45) is 11.7 Å². The lowest BCUT2D eigenvalue weighted by molar-refractivity contribution is -0.142. The van der Waals surface area contributed by atoms with Crippen molar-refractivity contribution in [3.8, 4) is 0 Å². The van der Waals surface area contributed by atoms with Gasteiger partial charge in [0.1, 0.15) is 24.2 Å². The van der Waals surface area contributed by atoms with E-state index < -0.39 is 54.0 Å². The van der Waals surface area contributed by atoms with Crippen LogP contribution in [0.1, 0.15) is 33.6 Å². The van der Waals surface area contributed by atoms with Crippen LogP contribution in [0.2, 0.25) is 0 Å². The molecule has 0 bridgehead atoms. The normalized spacial score (nSPS) is 16.1. The van der Waals surface area contributed by atoms with Gasteiger partial charge in [-0.05, 0) is 37.7 Å². The first-order valence-electron chi connectivity index (χ1n) is 9.61. The fraction of sp³-hybridized carbons (Fsp3) is 0.778. The van der Waals surface area contributed by atoms with Crippen molar-refractivity contribution >= 4 is 48.1 Å². The maximum absolute atomic E-state index is 12.7. The predicted octanol–water partition coefficient (Wildman–Crippen LogP) is -1.04. The largest absolute Gasteiger partial charge is 0.480 e.